The Morgan fingerprint density at radius 3 is 2.57 bits per heavy atom. The van der Waals surface area contributed by atoms with E-state index in [9.17, 15) is 0 Å². The molecule has 0 radical (unpaired) electrons. The molecule has 0 aromatic heterocycles. The summed E-state index contributed by atoms with van der Waals surface area (Å²) in [6, 6.07) is 11.9. The van der Waals surface area contributed by atoms with Crippen LogP contribution in [0.2, 0.25) is 5.02 Å². The zero-order valence-corrected chi connectivity index (χ0v) is 14.5. The molecule has 0 spiro atoms. The third kappa shape index (κ3) is 4.47. The van der Waals surface area contributed by atoms with E-state index in [4.69, 9.17) is 22.1 Å². The van der Waals surface area contributed by atoms with Crippen LogP contribution in [0.15, 0.2) is 40.9 Å². The van der Waals surface area contributed by atoms with Crippen LogP contribution >= 0.6 is 27.5 Å². The second kappa shape index (κ2) is 7.30. The van der Waals surface area contributed by atoms with Crippen molar-refractivity contribution in [1.29, 1.82) is 0 Å². The van der Waals surface area contributed by atoms with Crippen molar-refractivity contribution in [3.63, 3.8) is 0 Å². The molecule has 0 amide bonds. The summed E-state index contributed by atoms with van der Waals surface area (Å²) in [6.45, 7) is 4.16. The fourth-order valence-electron chi connectivity index (χ4n) is 2.07. The molecule has 4 heteroatoms. The maximum atomic E-state index is 6.22. The van der Waals surface area contributed by atoms with E-state index in [0.29, 0.717) is 10.8 Å². The number of nitrogens with two attached hydrogens (primary N) is 1. The normalized spacial score (nSPS) is 12.2. The van der Waals surface area contributed by atoms with Gasteiger partial charge in [-0.05, 0) is 49.6 Å². The molecule has 112 valence electrons. The molecule has 0 saturated heterocycles. The van der Waals surface area contributed by atoms with Crippen LogP contribution in [-0.2, 0) is 6.42 Å². The Morgan fingerprint density at radius 2 is 1.90 bits per heavy atom. The second-order valence-corrected chi connectivity index (χ2v) is 6.48. The summed E-state index contributed by atoms with van der Waals surface area (Å²) in [5.74, 6) is 1.46. The number of benzene rings is 2. The van der Waals surface area contributed by atoms with Crippen molar-refractivity contribution < 1.29 is 4.74 Å². The molecule has 0 aliphatic rings. The number of aryl methyl sites for hydroxylation is 1. The van der Waals surface area contributed by atoms with E-state index in [1.165, 1.54) is 5.56 Å². The zero-order chi connectivity index (χ0) is 15.4. The molecular formula is C17H19BrClNO. The van der Waals surface area contributed by atoms with Gasteiger partial charge >= 0.3 is 0 Å². The van der Waals surface area contributed by atoms with E-state index < -0.39 is 0 Å². The van der Waals surface area contributed by atoms with Crippen LogP contribution in [0, 0.1) is 6.92 Å². The zero-order valence-electron chi connectivity index (χ0n) is 12.2. The first-order chi connectivity index (χ1) is 9.99. The Bertz CT molecular complexity index is 630. The molecule has 0 aliphatic carbocycles. The van der Waals surface area contributed by atoms with Crippen molar-refractivity contribution in [2.45, 2.75) is 32.7 Å². The number of halogens is 2. The minimum atomic E-state index is 0.134. The largest absolute Gasteiger partial charge is 0.456 e. The molecule has 2 aromatic carbocycles. The van der Waals surface area contributed by atoms with Crippen molar-refractivity contribution in [1.82, 2.24) is 0 Å². The van der Waals surface area contributed by atoms with Gasteiger partial charge in [0.2, 0.25) is 0 Å². The standard InChI is InChI=1S/C17H19BrClNO/c1-3-14(20)9-12-8-11(2)4-6-16(12)21-17-7-5-13(18)10-15(17)19/h4-8,10,14H,3,9,20H2,1-2H3. The van der Waals surface area contributed by atoms with E-state index >= 15 is 0 Å². The lowest BCUT2D eigenvalue weighted by molar-refractivity contribution is 0.472. The maximum Gasteiger partial charge on any atom is 0.146 e. The average Bonchev–Trinajstić information content (AvgIpc) is 2.44. The van der Waals surface area contributed by atoms with E-state index in [0.717, 1.165) is 28.6 Å². The lowest BCUT2D eigenvalue weighted by atomic mass is 10.0. The summed E-state index contributed by atoms with van der Waals surface area (Å²) >= 11 is 9.61. The van der Waals surface area contributed by atoms with Gasteiger partial charge in [0.1, 0.15) is 11.5 Å². The highest BCUT2D eigenvalue weighted by Crippen LogP contribution is 2.33. The highest BCUT2D eigenvalue weighted by molar-refractivity contribution is 9.10. The lowest BCUT2D eigenvalue weighted by Gasteiger charge is -2.15. The van der Waals surface area contributed by atoms with Gasteiger partial charge in [-0.1, -0.05) is 52.2 Å². The highest BCUT2D eigenvalue weighted by atomic mass is 79.9. The Balaban J connectivity index is 2.30. The fraction of sp³-hybridized carbons (Fsp3) is 0.294. The van der Waals surface area contributed by atoms with Crippen LogP contribution in [0.25, 0.3) is 0 Å². The van der Waals surface area contributed by atoms with Crippen LogP contribution in [-0.4, -0.2) is 6.04 Å². The Kier molecular flexibility index (Phi) is 5.68. The third-order valence-corrected chi connectivity index (χ3v) is 4.12. The third-order valence-electron chi connectivity index (χ3n) is 3.34. The van der Waals surface area contributed by atoms with Crippen LogP contribution < -0.4 is 10.5 Å². The minimum Gasteiger partial charge on any atom is -0.456 e. The van der Waals surface area contributed by atoms with Gasteiger partial charge in [0.25, 0.3) is 0 Å². The Labute approximate surface area is 139 Å². The van der Waals surface area contributed by atoms with Gasteiger partial charge in [0, 0.05) is 10.5 Å². The summed E-state index contributed by atoms with van der Waals surface area (Å²) < 4.78 is 6.92. The Hall–Kier alpha value is -1.03. The molecular weight excluding hydrogens is 350 g/mol. The highest BCUT2D eigenvalue weighted by Gasteiger charge is 2.11. The maximum absolute atomic E-state index is 6.22. The summed E-state index contributed by atoms with van der Waals surface area (Å²) in [7, 11) is 0. The number of hydrogen-bond donors (Lipinski definition) is 1. The van der Waals surface area contributed by atoms with Crippen LogP contribution in [0.4, 0.5) is 0 Å². The molecule has 2 nitrogen and oxygen atoms in total. The molecule has 1 unspecified atom stereocenters. The predicted octanol–water partition coefficient (Wildman–Crippen LogP) is 5.48. The van der Waals surface area contributed by atoms with Crippen molar-refractivity contribution in [2.75, 3.05) is 0 Å². The molecule has 0 fully saturated rings. The smallest absolute Gasteiger partial charge is 0.146 e. The van der Waals surface area contributed by atoms with Gasteiger partial charge in [-0.25, -0.2) is 0 Å². The van der Waals surface area contributed by atoms with Crippen LogP contribution in [0.3, 0.4) is 0 Å². The fourth-order valence-corrected chi connectivity index (χ4v) is 2.78. The Morgan fingerprint density at radius 1 is 1.19 bits per heavy atom. The van der Waals surface area contributed by atoms with Gasteiger partial charge in [0.05, 0.1) is 5.02 Å². The van der Waals surface area contributed by atoms with Gasteiger partial charge in [-0.2, -0.15) is 0 Å². The molecule has 0 heterocycles. The summed E-state index contributed by atoms with van der Waals surface area (Å²) in [4.78, 5) is 0. The molecule has 2 aromatic rings. The molecule has 0 saturated carbocycles. The number of ether oxygens (including phenoxy) is 1. The molecule has 21 heavy (non-hydrogen) atoms. The minimum absolute atomic E-state index is 0.134. The van der Waals surface area contributed by atoms with Gasteiger partial charge in [0.15, 0.2) is 0 Å². The van der Waals surface area contributed by atoms with Crippen molar-refractivity contribution >= 4 is 27.5 Å². The van der Waals surface area contributed by atoms with Gasteiger partial charge < -0.3 is 10.5 Å². The molecule has 2 N–H and O–H groups in total. The van der Waals surface area contributed by atoms with Crippen molar-refractivity contribution in [3.8, 4) is 11.5 Å². The first-order valence-corrected chi connectivity index (χ1v) is 8.14. The number of rotatable bonds is 5. The summed E-state index contributed by atoms with van der Waals surface area (Å²) in [6.07, 6.45) is 1.73. The van der Waals surface area contributed by atoms with E-state index in [2.05, 4.69) is 35.8 Å². The first-order valence-electron chi connectivity index (χ1n) is 6.97. The summed E-state index contributed by atoms with van der Waals surface area (Å²) in [5, 5.41) is 0.579. The monoisotopic (exact) mass is 367 g/mol. The van der Waals surface area contributed by atoms with Gasteiger partial charge in [-0.3, -0.25) is 0 Å². The van der Waals surface area contributed by atoms with Crippen molar-refractivity contribution in [2.24, 2.45) is 5.73 Å². The predicted molar refractivity (Wildman–Crippen MR) is 92.4 cm³/mol. The van der Waals surface area contributed by atoms with Crippen LogP contribution in [0.1, 0.15) is 24.5 Å². The molecule has 1 atom stereocenters. The number of hydrogen-bond acceptors (Lipinski definition) is 2. The van der Waals surface area contributed by atoms with E-state index in [1.807, 2.05) is 30.3 Å². The topological polar surface area (TPSA) is 35.2 Å². The van der Waals surface area contributed by atoms with Crippen LogP contribution in [0.5, 0.6) is 11.5 Å². The molecule has 0 bridgehead atoms. The quantitative estimate of drug-likeness (QED) is 0.758. The lowest BCUT2D eigenvalue weighted by Crippen LogP contribution is -2.21. The van der Waals surface area contributed by atoms with E-state index in [-0.39, 0.29) is 6.04 Å². The SMILES string of the molecule is CCC(N)Cc1cc(C)ccc1Oc1ccc(Br)cc1Cl. The van der Waals surface area contributed by atoms with Crippen molar-refractivity contribution in [3.05, 3.63) is 57.0 Å². The second-order valence-electron chi connectivity index (χ2n) is 5.16. The van der Waals surface area contributed by atoms with E-state index in [1.54, 1.807) is 0 Å². The first kappa shape index (κ1) is 16.3. The average molecular weight is 369 g/mol. The molecule has 2 rings (SSSR count). The summed E-state index contributed by atoms with van der Waals surface area (Å²) in [5.41, 5.74) is 8.39. The molecule has 0 aliphatic heterocycles. The van der Waals surface area contributed by atoms with Gasteiger partial charge in [-0.15, -0.1) is 0 Å².